The highest BCUT2D eigenvalue weighted by atomic mass is 16.2. The first kappa shape index (κ1) is 24.5. The second-order valence-corrected chi connectivity index (χ2v) is 8.80. The van der Waals surface area contributed by atoms with Crippen molar-refractivity contribution in [1.29, 1.82) is 0 Å². The second kappa shape index (κ2) is 10.8. The van der Waals surface area contributed by atoms with E-state index in [9.17, 15) is 14.4 Å². The zero-order valence-electron chi connectivity index (χ0n) is 20.2. The highest BCUT2D eigenvalue weighted by Gasteiger charge is 2.25. The van der Waals surface area contributed by atoms with Crippen LogP contribution in [0.2, 0.25) is 0 Å². The maximum atomic E-state index is 13.3. The summed E-state index contributed by atoms with van der Waals surface area (Å²) in [7, 11) is 0. The summed E-state index contributed by atoms with van der Waals surface area (Å²) in [6.07, 6.45) is 1.79. The molecule has 0 aliphatic heterocycles. The number of rotatable bonds is 9. The molecule has 4 N–H and O–H groups in total. The Morgan fingerprint density at radius 2 is 1.72 bits per heavy atom. The molecule has 0 radical (unpaired) electrons. The van der Waals surface area contributed by atoms with E-state index in [1.54, 1.807) is 16.9 Å². The maximum Gasteiger partial charge on any atom is 0.330 e. The summed E-state index contributed by atoms with van der Waals surface area (Å²) in [5.41, 5.74) is 6.68. The van der Waals surface area contributed by atoms with Crippen LogP contribution in [0.25, 0.3) is 5.69 Å². The number of nitrogens with zero attached hydrogens (tertiary/aromatic N) is 4. The Morgan fingerprint density at radius 1 is 1.06 bits per heavy atom. The van der Waals surface area contributed by atoms with Crippen molar-refractivity contribution in [3.8, 4) is 5.69 Å². The van der Waals surface area contributed by atoms with E-state index in [-0.39, 0.29) is 43.0 Å². The quantitative estimate of drug-likeness (QED) is 0.332. The predicted molar refractivity (Wildman–Crippen MR) is 141 cm³/mol. The van der Waals surface area contributed by atoms with Crippen molar-refractivity contribution in [2.75, 3.05) is 29.0 Å². The highest BCUT2D eigenvalue weighted by Crippen LogP contribution is 2.20. The average molecular weight is 488 g/mol. The number of benzene rings is 2. The lowest BCUT2D eigenvalue weighted by Crippen LogP contribution is -2.44. The Labute approximate surface area is 208 Å². The molecule has 4 rings (SSSR count). The van der Waals surface area contributed by atoms with Gasteiger partial charge in [0.2, 0.25) is 5.91 Å². The van der Waals surface area contributed by atoms with Gasteiger partial charge in [0.15, 0.2) is 5.69 Å². The van der Waals surface area contributed by atoms with Gasteiger partial charge >= 0.3 is 5.69 Å². The lowest BCUT2D eigenvalue weighted by Gasteiger charge is -2.26. The third-order valence-corrected chi connectivity index (χ3v) is 5.55. The highest BCUT2D eigenvalue weighted by molar-refractivity contribution is 5.98. The molecule has 0 spiro atoms. The number of nitrogens with two attached hydrogens (primary N) is 1. The molecule has 36 heavy (non-hydrogen) atoms. The topological polar surface area (TPSA) is 131 Å². The summed E-state index contributed by atoms with van der Waals surface area (Å²) >= 11 is 0. The number of para-hydroxylation sites is 1. The standard InChI is InChI=1S/C26H29N7O3/c1-18(2)16-31(22(34)15-28-21-13-14-33(30-21)20-11-7-4-8-12-20)23-24(27)32(26(36)29-25(23)35)17-19-9-5-3-6-10-19/h3-14,18H,15-17,27H2,1-2H3,(H,28,30)(H,29,35,36). The summed E-state index contributed by atoms with van der Waals surface area (Å²) in [4.78, 5) is 42.4. The smallest absolute Gasteiger partial charge is 0.330 e. The summed E-state index contributed by atoms with van der Waals surface area (Å²) in [5, 5.41) is 7.47. The number of hydrogen-bond donors (Lipinski definition) is 3. The van der Waals surface area contributed by atoms with Crippen LogP contribution in [0.15, 0.2) is 82.5 Å². The van der Waals surface area contributed by atoms with Crippen molar-refractivity contribution >= 4 is 23.2 Å². The zero-order valence-corrected chi connectivity index (χ0v) is 20.2. The minimum absolute atomic E-state index is 0.0409. The van der Waals surface area contributed by atoms with Crippen LogP contribution in [-0.2, 0) is 11.3 Å². The van der Waals surface area contributed by atoms with Gasteiger partial charge in [0.05, 0.1) is 18.8 Å². The van der Waals surface area contributed by atoms with Gasteiger partial charge in [-0.05, 0) is 23.6 Å². The fourth-order valence-electron chi connectivity index (χ4n) is 3.85. The summed E-state index contributed by atoms with van der Waals surface area (Å²) in [5.74, 6) is 0.113. The van der Waals surface area contributed by atoms with Gasteiger partial charge in [-0.1, -0.05) is 62.4 Å². The number of nitrogens with one attached hydrogen (secondary N) is 2. The molecule has 0 saturated heterocycles. The van der Waals surface area contributed by atoms with Crippen LogP contribution in [0.5, 0.6) is 0 Å². The van der Waals surface area contributed by atoms with Gasteiger partial charge in [-0.25, -0.2) is 9.48 Å². The molecule has 2 heterocycles. The molecule has 2 aromatic heterocycles. The SMILES string of the molecule is CC(C)CN(C(=O)CNc1ccn(-c2ccccc2)n1)c1c(N)n(Cc2ccccc2)c(=O)[nH]c1=O. The lowest BCUT2D eigenvalue weighted by molar-refractivity contribution is -0.117. The van der Waals surface area contributed by atoms with E-state index < -0.39 is 11.2 Å². The molecule has 0 aliphatic carbocycles. The number of nitrogen functional groups attached to an aromatic ring is 1. The van der Waals surface area contributed by atoms with E-state index in [2.05, 4.69) is 15.4 Å². The molecule has 2 aromatic carbocycles. The minimum atomic E-state index is -0.704. The number of hydrogen-bond acceptors (Lipinski definition) is 6. The van der Waals surface area contributed by atoms with Crippen molar-refractivity contribution in [3.05, 3.63) is 99.3 Å². The van der Waals surface area contributed by atoms with Crippen LogP contribution in [0.3, 0.4) is 0 Å². The number of carbonyl (C=O) groups is 1. The molecule has 0 saturated carbocycles. The molecule has 0 aliphatic rings. The van der Waals surface area contributed by atoms with E-state index in [1.165, 1.54) is 9.47 Å². The van der Waals surface area contributed by atoms with Crippen molar-refractivity contribution < 1.29 is 4.79 Å². The van der Waals surface area contributed by atoms with E-state index in [4.69, 9.17) is 5.73 Å². The number of H-pyrrole nitrogens is 1. The third-order valence-electron chi connectivity index (χ3n) is 5.55. The van der Waals surface area contributed by atoms with Crippen LogP contribution in [0.1, 0.15) is 19.4 Å². The van der Waals surface area contributed by atoms with Gasteiger partial charge < -0.3 is 16.0 Å². The number of carbonyl (C=O) groups excluding carboxylic acids is 1. The van der Waals surface area contributed by atoms with E-state index in [0.29, 0.717) is 5.82 Å². The molecule has 0 fully saturated rings. The predicted octanol–water partition coefficient (Wildman–Crippen LogP) is 2.45. The molecule has 0 unspecified atom stereocenters. The third kappa shape index (κ3) is 5.54. The first-order valence-electron chi connectivity index (χ1n) is 11.7. The van der Waals surface area contributed by atoms with Crippen molar-refractivity contribution in [2.45, 2.75) is 20.4 Å². The van der Waals surface area contributed by atoms with Crippen LogP contribution in [0, 0.1) is 5.92 Å². The second-order valence-electron chi connectivity index (χ2n) is 8.80. The van der Waals surface area contributed by atoms with Gasteiger partial charge in [0.1, 0.15) is 11.6 Å². The number of aromatic amines is 1. The van der Waals surface area contributed by atoms with E-state index >= 15 is 0 Å². The van der Waals surface area contributed by atoms with Gasteiger partial charge in [0, 0.05) is 18.8 Å². The van der Waals surface area contributed by atoms with Crippen molar-refractivity contribution in [3.63, 3.8) is 0 Å². The first-order chi connectivity index (χ1) is 17.3. The largest absolute Gasteiger partial charge is 0.383 e. The molecular weight excluding hydrogens is 458 g/mol. The summed E-state index contributed by atoms with van der Waals surface area (Å²) in [6, 6.07) is 20.6. The number of aromatic nitrogens is 4. The van der Waals surface area contributed by atoms with Crippen LogP contribution in [-0.4, -0.2) is 38.3 Å². The van der Waals surface area contributed by atoms with Crippen molar-refractivity contribution in [1.82, 2.24) is 19.3 Å². The fraction of sp³-hybridized carbons (Fsp3) is 0.231. The van der Waals surface area contributed by atoms with Crippen LogP contribution < -0.4 is 27.2 Å². The Bertz CT molecular complexity index is 1440. The van der Waals surface area contributed by atoms with Crippen LogP contribution in [0.4, 0.5) is 17.3 Å². The van der Waals surface area contributed by atoms with Gasteiger partial charge in [-0.3, -0.25) is 19.1 Å². The van der Waals surface area contributed by atoms with Gasteiger partial charge in [-0.2, -0.15) is 5.10 Å². The molecule has 0 atom stereocenters. The summed E-state index contributed by atoms with van der Waals surface area (Å²) in [6.45, 7) is 4.15. The average Bonchev–Trinajstić information content (AvgIpc) is 3.34. The Hall–Kier alpha value is -4.60. The van der Waals surface area contributed by atoms with Crippen molar-refractivity contribution in [2.24, 2.45) is 5.92 Å². The molecule has 10 heteroatoms. The Balaban J connectivity index is 1.59. The minimum Gasteiger partial charge on any atom is -0.383 e. The number of anilines is 3. The van der Waals surface area contributed by atoms with E-state index in [1.807, 2.05) is 74.5 Å². The van der Waals surface area contributed by atoms with E-state index in [0.717, 1.165) is 11.3 Å². The summed E-state index contributed by atoms with van der Waals surface area (Å²) < 4.78 is 2.96. The molecule has 4 aromatic rings. The monoisotopic (exact) mass is 487 g/mol. The maximum absolute atomic E-state index is 13.3. The lowest BCUT2D eigenvalue weighted by atomic mass is 10.2. The Kier molecular flexibility index (Phi) is 7.33. The molecule has 0 bridgehead atoms. The normalized spacial score (nSPS) is 11.0. The fourth-order valence-corrected chi connectivity index (χ4v) is 3.85. The number of amides is 1. The van der Waals surface area contributed by atoms with Gasteiger partial charge in [-0.15, -0.1) is 0 Å². The molecule has 10 nitrogen and oxygen atoms in total. The van der Waals surface area contributed by atoms with Gasteiger partial charge in [0.25, 0.3) is 5.56 Å². The molecule has 1 amide bonds. The first-order valence-corrected chi connectivity index (χ1v) is 11.7. The Morgan fingerprint density at radius 3 is 2.39 bits per heavy atom. The molecule has 186 valence electrons. The molecular formula is C26H29N7O3. The van der Waals surface area contributed by atoms with Crippen LogP contribution >= 0.6 is 0 Å². The zero-order chi connectivity index (χ0) is 25.7.